The topological polar surface area (TPSA) is 66.9 Å². The zero-order valence-corrected chi connectivity index (χ0v) is 14.9. The number of carbonyl (C=O) groups is 1. The van der Waals surface area contributed by atoms with Gasteiger partial charge in [-0.3, -0.25) is 4.79 Å². The van der Waals surface area contributed by atoms with Crippen molar-refractivity contribution >= 4 is 34.7 Å². The van der Waals surface area contributed by atoms with Gasteiger partial charge in [0.1, 0.15) is 17.3 Å². The molecule has 7 heteroatoms. The lowest BCUT2D eigenvalue weighted by Crippen LogP contribution is -2.14. The van der Waals surface area contributed by atoms with Crippen LogP contribution in [0.25, 0.3) is 0 Å². The second kappa shape index (κ2) is 7.49. The highest BCUT2D eigenvalue weighted by molar-refractivity contribution is 6.31. The van der Waals surface area contributed by atoms with Crippen LogP contribution in [0.4, 0.5) is 21.6 Å². The molecule has 1 aromatic heterocycles. The van der Waals surface area contributed by atoms with E-state index in [1.165, 1.54) is 30.6 Å². The van der Waals surface area contributed by atoms with Gasteiger partial charge in [-0.05, 0) is 55.3 Å². The quantitative estimate of drug-likeness (QED) is 0.686. The van der Waals surface area contributed by atoms with Crippen molar-refractivity contribution in [1.82, 2.24) is 9.97 Å². The average Bonchev–Trinajstić information content (AvgIpc) is 2.62. The maximum atomic E-state index is 13.2. The van der Waals surface area contributed by atoms with Gasteiger partial charge in [-0.15, -0.1) is 0 Å². The molecule has 2 aromatic carbocycles. The summed E-state index contributed by atoms with van der Waals surface area (Å²) in [6.07, 6.45) is 2.79. The molecule has 26 heavy (non-hydrogen) atoms. The van der Waals surface area contributed by atoms with Crippen LogP contribution in [0.3, 0.4) is 0 Å². The molecule has 5 nitrogen and oxygen atoms in total. The molecule has 0 fully saturated rings. The van der Waals surface area contributed by atoms with Crippen molar-refractivity contribution in [1.29, 1.82) is 0 Å². The lowest BCUT2D eigenvalue weighted by molar-refractivity contribution is 0.102. The van der Waals surface area contributed by atoms with E-state index in [9.17, 15) is 9.18 Å². The Kier molecular flexibility index (Phi) is 5.14. The normalized spacial score (nSPS) is 10.5. The van der Waals surface area contributed by atoms with E-state index >= 15 is 0 Å². The summed E-state index contributed by atoms with van der Waals surface area (Å²) in [4.78, 5) is 20.5. The zero-order valence-electron chi connectivity index (χ0n) is 14.2. The summed E-state index contributed by atoms with van der Waals surface area (Å²) >= 11 is 5.74. The minimum Gasteiger partial charge on any atom is -0.339 e. The maximum Gasteiger partial charge on any atom is 0.275 e. The first-order chi connectivity index (χ1) is 12.4. The van der Waals surface area contributed by atoms with Gasteiger partial charge in [0.2, 0.25) is 0 Å². The van der Waals surface area contributed by atoms with Crippen molar-refractivity contribution in [3.05, 3.63) is 76.5 Å². The Morgan fingerprint density at radius 2 is 1.77 bits per heavy atom. The summed E-state index contributed by atoms with van der Waals surface area (Å²) in [6, 6.07) is 9.90. The number of aromatic nitrogens is 2. The number of rotatable bonds is 4. The van der Waals surface area contributed by atoms with Crippen LogP contribution in [-0.4, -0.2) is 15.9 Å². The van der Waals surface area contributed by atoms with Crippen LogP contribution in [0.1, 0.15) is 21.6 Å². The molecule has 3 rings (SSSR count). The molecule has 0 aliphatic heterocycles. The number of amides is 1. The summed E-state index contributed by atoms with van der Waals surface area (Å²) in [5.74, 6) is -0.436. The van der Waals surface area contributed by atoms with E-state index in [0.29, 0.717) is 17.2 Å². The molecule has 0 aliphatic rings. The van der Waals surface area contributed by atoms with Gasteiger partial charge >= 0.3 is 0 Å². The number of anilines is 3. The summed E-state index contributed by atoms with van der Waals surface area (Å²) < 4.78 is 13.2. The fourth-order valence-corrected chi connectivity index (χ4v) is 2.43. The molecule has 0 bridgehead atoms. The van der Waals surface area contributed by atoms with Gasteiger partial charge in [-0.2, -0.15) is 0 Å². The van der Waals surface area contributed by atoms with E-state index < -0.39 is 5.82 Å². The fraction of sp³-hybridized carbons (Fsp3) is 0.105. The van der Waals surface area contributed by atoms with E-state index in [1.54, 1.807) is 0 Å². The molecule has 0 saturated heterocycles. The van der Waals surface area contributed by atoms with Gasteiger partial charge in [0, 0.05) is 11.4 Å². The highest BCUT2D eigenvalue weighted by Gasteiger charge is 2.09. The smallest absolute Gasteiger partial charge is 0.275 e. The predicted octanol–water partition coefficient (Wildman–Crippen LogP) is 4.88. The van der Waals surface area contributed by atoms with E-state index in [-0.39, 0.29) is 16.6 Å². The molecular weight excluding hydrogens is 355 g/mol. The van der Waals surface area contributed by atoms with Crippen molar-refractivity contribution in [2.45, 2.75) is 13.8 Å². The van der Waals surface area contributed by atoms with E-state index in [2.05, 4.69) is 20.6 Å². The number of benzene rings is 2. The lowest BCUT2D eigenvalue weighted by atomic mass is 10.1. The molecule has 0 aliphatic carbocycles. The molecule has 0 spiro atoms. The lowest BCUT2D eigenvalue weighted by Gasteiger charge is -2.08. The van der Waals surface area contributed by atoms with Crippen LogP contribution in [0, 0.1) is 19.7 Å². The van der Waals surface area contributed by atoms with Crippen molar-refractivity contribution in [2.24, 2.45) is 0 Å². The Morgan fingerprint density at radius 3 is 2.42 bits per heavy atom. The summed E-state index contributed by atoms with van der Waals surface area (Å²) in [5, 5.41) is 5.74. The highest BCUT2D eigenvalue weighted by Crippen LogP contribution is 2.21. The Labute approximate surface area is 155 Å². The van der Waals surface area contributed by atoms with Gasteiger partial charge in [-0.1, -0.05) is 17.7 Å². The standard InChI is InChI=1S/C19H16ClFN4O/c1-11-3-4-13(7-12(11)2)25-19(26)17-9-23-18(10-22-17)24-14-5-6-16(21)15(20)8-14/h3-10H,1-2H3,(H,23,24)(H,25,26). The minimum absolute atomic E-state index is 0.00680. The van der Waals surface area contributed by atoms with Crippen LogP contribution in [0.5, 0.6) is 0 Å². The second-order valence-corrected chi connectivity index (χ2v) is 6.20. The SMILES string of the molecule is Cc1ccc(NC(=O)c2cnc(Nc3ccc(F)c(Cl)c3)cn2)cc1C. The first-order valence-electron chi connectivity index (χ1n) is 7.85. The first kappa shape index (κ1) is 17.8. The molecule has 1 amide bonds. The van der Waals surface area contributed by atoms with Crippen molar-refractivity contribution < 1.29 is 9.18 Å². The number of hydrogen-bond acceptors (Lipinski definition) is 4. The van der Waals surface area contributed by atoms with Gasteiger partial charge in [0.25, 0.3) is 5.91 Å². The molecular formula is C19H16ClFN4O. The second-order valence-electron chi connectivity index (χ2n) is 5.79. The molecule has 132 valence electrons. The Bertz CT molecular complexity index is 960. The van der Waals surface area contributed by atoms with Crippen LogP contribution < -0.4 is 10.6 Å². The fourth-order valence-electron chi connectivity index (χ4n) is 2.25. The van der Waals surface area contributed by atoms with Crippen LogP contribution >= 0.6 is 11.6 Å². The molecule has 0 unspecified atom stereocenters. The molecule has 3 aromatic rings. The van der Waals surface area contributed by atoms with Crippen molar-refractivity contribution in [2.75, 3.05) is 10.6 Å². The number of carbonyl (C=O) groups excluding carboxylic acids is 1. The first-order valence-corrected chi connectivity index (χ1v) is 8.23. The maximum absolute atomic E-state index is 13.2. The number of nitrogens with one attached hydrogen (secondary N) is 2. The number of hydrogen-bond donors (Lipinski definition) is 2. The van der Waals surface area contributed by atoms with Crippen molar-refractivity contribution in [3.8, 4) is 0 Å². The zero-order chi connectivity index (χ0) is 18.7. The molecule has 0 radical (unpaired) electrons. The van der Waals surface area contributed by atoms with Crippen molar-refractivity contribution in [3.63, 3.8) is 0 Å². The van der Waals surface area contributed by atoms with Gasteiger partial charge < -0.3 is 10.6 Å². The average molecular weight is 371 g/mol. The molecule has 1 heterocycles. The van der Waals surface area contributed by atoms with E-state index in [4.69, 9.17) is 11.6 Å². The summed E-state index contributed by atoms with van der Waals surface area (Å²) in [5.41, 5.74) is 3.69. The Balaban J connectivity index is 1.69. The van der Waals surface area contributed by atoms with E-state index in [0.717, 1.165) is 11.1 Å². The third-order valence-corrected chi connectivity index (χ3v) is 4.13. The third kappa shape index (κ3) is 4.15. The third-order valence-electron chi connectivity index (χ3n) is 3.84. The largest absolute Gasteiger partial charge is 0.339 e. The number of aryl methyl sites for hydroxylation is 2. The summed E-state index contributed by atoms with van der Waals surface area (Å²) in [7, 11) is 0. The van der Waals surface area contributed by atoms with Gasteiger partial charge in [0.05, 0.1) is 17.4 Å². The van der Waals surface area contributed by atoms with Gasteiger partial charge in [0.15, 0.2) is 0 Å². The highest BCUT2D eigenvalue weighted by atomic mass is 35.5. The number of nitrogens with zero attached hydrogens (tertiary/aromatic N) is 2. The molecule has 2 N–H and O–H groups in total. The van der Waals surface area contributed by atoms with E-state index in [1.807, 2.05) is 32.0 Å². The summed E-state index contributed by atoms with van der Waals surface area (Å²) in [6.45, 7) is 3.99. The van der Waals surface area contributed by atoms with Crippen LogP contribution in [0.2, 0.25) is 5.02 Å². The predicted molar refractivity (Wildman–Crippen MR) is 101 cm³/mol. The van der Waals surface area contributed by atoms with Crippen LogP contribution in [0.15, 0.2) is 48.8 Å². The van der Waals surface area contributed by atoms with Crippen LogP contribution in [-0.2, 0) is 0 Å². The Morgan fingerprint density at radius 1 is 1.00 bits per heavy atom. The minimum atomic E-state index is -0.498. The molecule has 0 atom stereocenters. The number of halogens is 2. The Hall–Kier alpha value is -2.99. The molecule has 0 saturated carbocycles. The monoisotopic (exact) mass is 370 g/mol. The van der Waals surface area contributed by atoms with Gasteiger partial charge in [-0.25, -0.2) is 14.4 Å².